The molecular formula is C35H43N5O6. The summed E-state index contributed by atoms with van der Waals surface area (Å²) in [6.07, 6.45) is 6.75. The molecule has 4 aliphatic rings. The average molecular weight is 630 g/mol. The van der Waals surface area contributed by atoms with Gasteiger partial charge >= 0.3 is 6.09 Å². The number of hydrogen-bond donors (Lipinski definition) is 6. The first kappa shape index (κ1) is 31.6. The highest BCUT2D eigenvalue weighted by atomic mass is 16.6. The molecule has 4 fully saturated rings. The van der Waals surface area contributed by atoms with Crippen molar-refractivity contribution in [1.82, 2.24) is 26.4 Å². The van der Waals surface area contributed by atoms with Crippen LogP contribution in [-0.4, -0.2) is 52.2 Å². The van der Waals surface area contributed by atoms with Crippen LogP contribution in [0.4, 0.5) is 4.79 Å². The number of benzene rings is 2. The van der Waals surface area contributed by atoms with Crippen molar-refractivity contribution in [3.05, 3.63) is 71.9 Å². The number of hydrogen-bond acceptors (Lipinski definition) is 6. The number of ether oxygens (including phenoxy) is 1. The molecule has 4 aliphatic carbocycles. The van der Waals surface area contributed by atoms with E-state index in [4.69, 9.17) is 9.94 Å². The molecule has 3 aromatic rings. The highest BCUT2D eigenvalue weighted by Crippen LogP contribution is 2.54. The number of hydroxylamine groups is 1. The maximum Gasteiger partial charge on any atom is 0.408 e. The van der Waals surface area contributed by atoms with Gasteiger partial charge in [0.25, 0.3) is 0 Å². The molecule has 4 bridgehead atoms. The van der Waals surface area contributed by atoms with E-state index in [1.807, 2.05) is 60.8 Å². The molecule has 4 saturated carbocycles. The second-order valence-electron chi connectivity index (χ2n) is 13.6. The Hall–Kier alpha value is -4.38. The highest BCUT2D eigenvalue weighted by Gasteiger charge is 2.50. The molecular weight excluding hydrogens is 586 g/mol. The summed E-state index contributed by atoms with van der Waals surface area (Å²) in [6.45, 7) is 1.74. The monoisotopic (exact) mass is 629 g/mol. The third-order valence-corrected chi connectivity index (χ3v) is 10.2. The Morgan fingerprint density at radius 2 is 1.57 bits per heavy atom. The van der Waals surface area contributed by atoms with Crippen molar-refractivity contribution in [2.45, 2.75) is 76.0 Å². The van der Waals surface area contributed by atoms with E-state index < -0.39 is 35.4 Å². The van der Waals surface area contributed by atoms with Gasteiger partial charge in [-0.15, -0.1) is 0 Å². The minimum atomic E-state index is -1.38. The van der Waals surface area contributed by atoms with Gasteiger partial charge < -0.3 is 25.7 Å². The predicted octanol–water partition coefficient (Wildman–Crippen LogP) is 4.28. The summed E-state index contributed by atoms with van der Waals surface area (Å²) in [6, 6.07) is 16.4. The van der Waals surface area contributed by atoms with E-state index in [9.17, 15) is 19.2 Å². The van der Waals surface area contributed by atoms with Crippen molar-refractivity contribution in [1.29, 1.82) is 0 Å². The standard InChI is InChI=1S/C35H43N5O6/c1-35(18-26-19-36-28-10-6-5-9-27(26)28,39-34(44)46-32-24-14-21-13-22(16-24)17-25(32)15-21)33(43)37-20-29(23-7-3-2-4-8-23)38-30(41)11-12-31(42)40-45/h2-10,19,21-22,24-25,29,32,36,45H,11-18,20H2,1H3,(H,37,43)(H,38,41)(H,39,44)(H,40,42)/t21?,22?,24?,25?,29-,32?,35-/m1/s1. The normalized spacial score (nSPS) is 24.9. The average Bonchev–Trinajstić information content (AvgIpc) is 3.45. The second-order valence-corrected chi connectivity index (χ2v) is 13.6. The number of rotatable bonds is 12. The van der Waals surface area contributed by atoms with Crippen LogP contribution in [0.3, 0.4) is 0 Å². The topological polar surface area (TPSA) is 162 Å². The first-order valence-corrected chi connectivity index (χ1v) is 16.3. The summed E-state index contributed by atoms with van der Waals surface area (Å²) in [5.41, 5.74) is 2.71. The third kappa shape index (κ3) is 7.04. The predicted molar refractivity (Wildman–Crippen MR) is 170 cm³/mol. The van der Waals surface area contributed by atoms with Crippen molar-refractivity contribution in [2.24, 2.45) is 23.7 Å². The molecule has 46 heavy (non-hydrogen) atoms. The Morgan fingerprint density at radius 1 is 0.913 bits per heavy atom. The largest absolute Gasteiger partial charge is 0.446 e. The van der Waals surface area contributed by atoms with Crippen LogP contribution in [0.1, 0.15) is 69.0 Å². The van der Waals surface area contributed by atoms with Crippen LogP contribution < -0.4 is 21.4 Å². The van der Waals surface area contributed by atoms with Crippen molar-refractivity contribution in [3.63, 3.8) is 0 Å². The SMILES string of the molecule is C[C@](Cc1c[nH]c2ccccc12)(NC(=O)OC1C2CC3CC(C2)CC1C3)C(=O)NC[C@@H](NC(=O)CCC(=O)NO)c1ccccc1. The van der Waals surface area contributed by atoms with Crippen molar-refractivity contribution in [2.75, 3.05) is 6.54 Å². The van der Waals surface area contributed by atoms with E-state index in [2.05, 4.69) is 20.9 Å². The van der Waals surface area contributed by atoms with Crippen LogP contribution in [0, 0.1) is 23.7 Å². The summed E-state index contributed by atoms with van der Waals surface area (Å²) < 4.78 is 6.14. The Kier molecular flexibility index (Phi) is 9.30. The van der Waals surface area contributed by atoms with Gasteiger partial charge in [0.2, 0.25) is 17.7 Å². The van der Waals surface area contributed by atoms with E-state index in [-0.39, 0.29) is 31.9 Å². The molecule has 0 spiro atoms. The van der Waals surface area contributed by atoms with Gasteiger partial charge in [-0.1, -0.05) is 48.5 Å². The highest BCUT2D eigenvalue weighted by molar-refractivity contribution is 5.91. The van der Waals surface area contributed by atoms with Gasteiger partial charge in [0.05, 0.1) is 6.04 Å². The molecule has 2 atom stereocenters. The van der Waals surface area contributed by atoms with E-state index >= 15 is 0 Å². The molecule has 0 saturated heterocycles. The van der Waals surface area contributed by atoms with Gasteiger partial charge in [-0.05, 0) is 79.9 Å². The number of H-pyrrole nitrogens is 1. The fourth-order valence-electron chi connectivity index (χ4n) is 8.16. The minimum absolute atomic E-state index is 0.0382. The number of aromatic amines is 1. The molecule has 11 heteroatoms. The number of fused-ring (bicyclic) bond motifs is 1. The number of carbonyl (C=O) groups is 4. The van der Waals surface area contributed by atoms with E-state index in [1.54, 1.807) is 6.92 Å². The van der Waals surface area contributed by atoms with Gasteiger partial charge in [-0.3, -0.25) is 19.6 Å². The maximum atomic E-state index is 14.1. The van der Waals surface area contributed by atoms with Crippen LogP contribution in [0.5, 0.6) is 0 Å². The maximum absolute atomic E-state index is 14.1. The number of carbonyl (C=O) groups excluding carboxylic acids is 4. The zero-order valence-corrected chi connectivity index (χ0v) is 26.1. The van der Waals surface area contributed by atoms with Crippen LogP contribution in [0.25, 0.3) is 10.9 Å². The van der Waals surface area contributed by atoms with Gasteiger partial charge in [0.1, 0.15) is 11.6 Å². The fourth-order valence-corrected chi connectivity index (χ4v) is 8.16. The Morgan fingerprint density at radius 3 is 2.26 bits per heavy atom. The first-order valence-electron chi connectivity index (χ1n) is 16.3. The van der Waals surface area contributed by atoms with Crippen LogP contribution in [0.15, 0.2) is 60.8 Å². The molecule has 7 rings (SSSR count). The molecule has 1 aromatic heterocycles. The van der Waals surface area contributed by atoms with E-state index in [0.29, 0.717) is 11.8 Å². The van der Waals surface area contributed by atoms with Gasteiger partial charge in [-0.25, -0.2) is 10.3 Å². The molecule has 1 heterocycles. The van der Waals surface area contributed by atoms with Crippen LogP contribution in [-0.2, 0) is 25.5 Å². The summed E-state index contributed by atoms with van der Waals surface area (Å²) >= 11 is 0. The summed E-state index contributed by atoms with van der Waals surface area (Å²) in [7, 11) is 0. The lowest BCUT2D eigenvalue weighted by molar-refractivity contribution is -0.132. The van der Waals surface area contributed by atoms with E-state index in [1.165, 1.54) is 11.9 Å². The number of para-hydroxylation sites is 1. The molecule has 11 nitrogen and oxygen atoms in total. The van der Waals surface area contributed by atoms with Crippen molar-refractivity contribution >= 4 is 34.7 Å². The van der Waals surface area contributed by atoms with E-state index in [0.717, 1.165) is 59.5 Å². The Bertz CT molecular complexity index is 1550. The Balaban J connectivity index is 1.18. The van der Waals surface area contributed by atoms with Gasteiger partial charge in [-0.2, -0.15) is 0 Å². The van der Waals surface area contributed by atoms with Crippen molar-refractivity contribution < 1.29 is 29.1 Å². The van der Waals surface area contributed by atoms with Crippen LogP contribution >= 0.6 is 0 Å². The van der Waals surface area contributed by atoms with Crippen molar-refractivity contribution in [3.8, 4) is 0 Å². The quantitative estimate of drug-likeness (QED) is 0.130. The molecule has 0 radical (unpaired) electrons. The molecule has 4 amide bonds. The zero-order valence-electron chi connectivity index (χ0n) is 26.1. The second kappa shape index (κ2) is 13.5. The zero-order chi connectivity index (χ0) is 32.3. The fraction of sp³-hybridized carbons (Fsp3) is 0.486. The Labute approximate surface area is 268 Å². The number of nitrogens with one attached hydrogen (secondary N) is 5. The lowest BCUT2D eigenvalue weighted by atomic mass is 9.55. The molecule has 6 N–H and O–H groups in total. The molecule has 0 aliphatic heterocycles. The smallest absolute Gasteiger partial charge is 0.408 e. The number of aromatic nitrogens is 1. The summed E-state index contributed by atoms with van der Waals surface area (Å²) in [5.74, 6) is 0.755. The molecule has 244 valence electrons. The first-order chi connectivity index (χ1) is 22.2. The lowest BCUT2D eigenvalue weighted by Gasteiger charge is -2.53. The third-order valence-electron chi connectivity index (χ3n) is 10.2. The minimum Gasteiger partial charge on any atom is -0.446 e. The van der Waals surface area contributed by atoms with Crippen LogP contribution in [0.2, 0.25) is 0 Å². The molecule has 2 aromatic carbocycles. The number of alkyl carbamates (subject to hydrolysis) is 1. The van der Waals surface area contributed by atoms with Gasteiger partial charge in [0.15, 0.2) is 0 Å². The number of amides is 4. The summed E-state index contributed by atoms with van der Waals surface area (Å²) in [5, 5.41) is 18.5. The molecule has 0 unspecified atom stereocenters. The lowest BCUT2D eigenvalue weighted by Crippen LogP contribution is -2.60. The summed E-state index contributed by atoms with van der Waals surface area (Å²) in [4.78, 5) is 55.1. The van der Waals surface area contributed by atoms with Gasteiger partial charge in [0, 0.05) is 42.9 Å².